The van der Waals surface area contributed by atoms with E-state index in [9.17, 15) is 18.8 Å². The molecule has 0 fully saturated rings. The van der Waals surface area contributed by atoms with Crippen LogP contribution >= 0.6 is 0 Å². The standard InChI is InChI=1S/C19H18FN3O4/c20-13-6-8-14(9-7-13)27-11-3-10-21-17(24)12-23-19(26)16-5-2-1-4-15(16)18(25)22-23/h1-2,4-9H,3,10-12H2,(H,21,24)(H,22,25). The maximum absolute atomic E-state index is 12.8. The summed E-state index contributed by atoms with van der Waals surface area (Å²) >= 11 is 0. The number of aromatic nitrogens is 2. The predicted molar refractivity (Wildman–Crippen MR) is 98.4 cm³/mol. The number of benzene rings is 2. The minimum absolute atomic E-state index is 0.266. The lowest BCUT2D eigenvalue weighted by atomic mass is 10.2. The number of H-pyrrole nitrogens is 1. The van der Waals surface area contributed by atoms with E-state index in [1.165, 1.54) is 24.3 Å². The summed E-state index contributed by atoms with van der Waals surface area (Å²) in [5, 5.41) is 5.62. The smallest absolute Gasteiger partial charge is 0.273 e. The molecule has 8 heteroatoms. The number of hydrogen-bond donors (Lipinski definition) is 2. The van der Waals surface area contributed by atoms with Gasteiger partial charge in [-0.25, -0.2) is 9.07 Å². The third kappa shape index (κ3) is 4.60. The van der Waals surface area contributed by atoms with Gasteiger partial charge in [0, 0.05) is 6.54 Å². The lowest BCUT2D eigenvalue weighted by molar-refractivity contribution is -0.121. The number of carbonyl (C=O) groups excluding carboxylic acids is 1. The molecule has 7 nitrogen and oxygen atoms in total. The zero-order chi connectivity index (χ0) is 19.2. The first-order valence-corrected chi connectivity index (χ1v) is 8.41. The normalized spacial score (nSPS) is 10.7. The van der Waals surface area contributed by atoms with Crippen LogP contribution < -0.4 is 21.2 Å². The van der Waals surface area contributed by atoms with Crippen molar-refractivity contribution in [1.29, 1.82) is 0 Å². The Morgan fingerprint density at radius 1 is 1.07 bits per heavy atom. The second-order valence-corrected chi connectivity index (χ2v) is 5.88. The predicted octanol–water partition coefficient (Wildman–Crippen LogP) is 1.41. The molecule has 0 saturated carbocycles. The van der Waals surface area contributed by atoms with Gasteiger partial charge in [0.2, 0.25) is 5.91 Å². The number of ether oxygens (including phenoxy) is 1. The lowest BCUT2D eigenvalue weighted by Gasteiger charge is -2.09. The first kappa shape index (κ1) is 18.4. The van der Waals surface area contributed by atoms with Crippen molar-refractivity contribution in [3.05, 3.63) is 75.1 Å². The molecule has 1 aromatic heterocycles. The molecule has 2 aromatic carbocycles. The lowest BCUT2D eigenvalue weighted by Crippen LogP contribution is -2.37. The minimum Gasteiger partial charge on any atom is -0.494 e. The van der Waals surface area contributed by atoms with Gasteiger partial charge >= 0.3 is 0 Å². The molecule has 27 heavy (non-hydrogen) atoms. The number of carbonyl (C=O) groups is 1. The van der Waals surface area contributed by atoms with E-state index in [0.717, 1.165) is 4.68 Å². The molecule has 0 spiro atoms. The Hall–Kier alpha value is -3.42. The van der Waals surface area contributed by atoms with E-state index in [0.29, 0.717) is 25.3 Å². The van der Waals surface area contributed by atoms with Crippen LogP contribution in [0.4, 0.5) is 4.39 Å². The van der Waals surface area contributed by atoms with E-state index in [-0.39, 0.29) is 23.1 Å². The van der Waals surface area contributed by atoms with Crippen LogP contribution in [0.5, 0.6) is 5.75 Å². The Morgan fingerprint density at radius 2 is 1.78 bits per heavy atom. The summed E-state index contributed by atoms with van der Waals surface area (Å²) in [5.41, 5.74) is -0.856. The van der Waals surface area contributed by atoms with Crippen molar-refractivity contribution in [2.75, 3.05) is 13.2 Å². The number of hydrogen-bond acceptors (Lipinski definition) is 4. The molecule has 0 aliphatic rings. The van der Waals surface area contributed by atoms with Crippen molar-refractivity contribution in [2.24, 2.45) is 0 Å². The summed E-state index contributed by atoms with van der Waals surface area (Å²) in [6, 6.07) is 12.1. The molecular weight excluding hydrogens is 353 g/mol. The number of nitrogens with one attached hydrogen (secondary N) is 2. The van der Waals surface area contributed by atoms with E-state index in [1.807, 2.05) is 0 Å². The highest BCUT2D eigenvalue weighted by atomic mass is 19.1. The van der Waals surface area contributed by atoms with Crippen molar-refractivity contribution >= 4 is 16.7 Å². The Kier molecular flexibility index (Phi) is 5.65. The highest BCUT2D eigenvalue weighted by Gasteiger charge is 2.09. The molecule has 1 heterocycles. The molecule has 3 rings (SSSR count). The van der Waals surface area contributed by atoms with Gasteiger partial charge in [0.25, 0.3) is 11.1 Å². The van der Waals surface area contributed by atoms with E-state index < -0.39 is 17.0 Å². The molecule has 140 valence electrons. The summed E-state index contributed by atoms with van der Waals surface area (Å²) < 4.78 is 19.2. The van der Waals surface area contributed by atoms with E-state index >= 15 is 0 Å². The fourth-order valence-corrected chi connectivity index (χ4v) is 2.58. The zero-order valence-electron chi connectivity index (χ0n) is 14.4. The summed E-state index contributed by atoms with van der Waals surface area (Å²) in [6.45, 7) is 0.406. The summed E-state index contributed by atoms with van der Waals surface area (Å²) in [7, 11) is 0. The van der Waals surface area contributed by atoms with E-state index in [4.69, 9.17) is 4.74 Å². The molecule has 0 bridgehead atoms. The molecule has 2 N–H and O–H groups in total. The molecule has 0 atom stereocenters. The van der Waals surface area contributed by atoms with Crippen molar-refractivity contribution in [3.63, 3.8) is 0 Å². The zero-order valence-corrected chi connectivity index (χ0v) is 14.4. The summed E-state index contributed by atoms with van der Waals surface area (Å²) in [4.78, 5) is 36.3. The van der Waals surface area contributed by atoms with Gasteiger partial charge in [0.15, 0.2) is 0 Å². The number of amides is 1. The fourth-order valence-electron chi connectivity index (χ4n) is 2.58. The summed E-state index contributed by atoms with van der Waals surface area (Å²) in [6.07, 6.45) is 0.534. The van der Waals surface area contributed by atoms with E-state index in [2.05, 4.69) is 10.4 Å². The van der Waals surface area contributed by atoms with Gasteiger partial charge in [0.05, 0.1) is 17.4 Å². The highest BCUT2D eigenvalue weighted by Crippen LogP contribution is 2.10. The Labute approximate surface area is 153 Å². The largest absolute Gasteiger partial charge is 0.494 e. The summed E-state index contributed by atoms with van der Waals surface area (Å²) in [5.74, 6) is -0.190. The molecule has 0 saturated heterocycles. The highest BCUT2D eigenvalue weighted by molar-refractivity contribution is 5.81. The first-order valence-electron chi connectivity index (χ1n) is 8.41. The number of rotatable bonds is 7. The number of halogens is 1. The minimum atomic E-state index is -0.431. The molecular formula is C19H18FN3O4. The van der Waals surface area contributed by atoms with Gasteiger partial charge in [-0.05, 0) is 42.8 Å². The van der Waals surface area contributed by atoms with Gasteiger partial charge in [0.1, 0.15) is 18.1 Å². The Balaban J connectivity index is 1.50. The maximum Gasteiger partial charge on any atom is 0.273 e. The monoisotopic (exact) mass is 371 g/mol. The van der Waals surface area contributed by atoms with Crippen LogP contribution in [-0.2, 0) is 11.3 Å². The molecule has 0 radical (unpaired) electrons. The van der Waals surface area contributed by atoms with Crippen molar-refractivity contribution < 1.29 is 13.9 Å². The van der Waals surface area contributed by atoms with Crippen LogP contribution in [0.25, 0.3) is 10.8 Å². The maximum atomic E-state index is 12.8. The van der Waals surface area contributed by atoms with Gasteiger partial charge in [-0.15, -0.1) is 0 Å². The first-order chi connectivity index (χ1) is 13.0. The molecule has 3 aromatic rings. The van der Waals surface area contributed by atoms with Crippen LogP contribution in [0, 0.1) is 5.82 Å². The average Bonchev–Trinajstić information content (AvgIpc) is 2.67. The number of nitrogens with zero attached hydrogens (tertiary/aromatic N) is 1. The second kappa shape index (κ2) is 8.31. The third-order valence-electron chi connectivity index (χ3n) is 3.91. The van der Waals surface area contributed by atoms with Crippen LogP contribution in [-0.4, -0.2) is 28.8 Å². The fraction of sp³-hybridized carbons (Fsp3) is 0.211. The molecule has 0 aliphatic heterocycles. The number of aromatic amines is 1. The average molecular weight is 371 g/mol. The quantitative estimate of drug-likeness (QED) is 0.614. The van der Waals surface area contributed by atoms with E-state index in [1.54, 1.807) is 24.3 Å². The number of fused-ring (bicyclic) bond motifs is 1. The molecule has 1 amide bonds. The third-order valence-corrected chi connectivity index (χ3v) is 3.91. The van der Waals surface area contributed by atoms with Crippen LogP contribution in [0.15, 0.2) is 58.1 Å². The Morgan fingerprint density at radius 3 is 2.52 bits per heavy atom. The van der Waals surface area contributed by atoms with Gasteiger partial charge in [-0.1, -0.05) is 12.1 Å². The van der Waals surface area contributed by atoms with Crippen molar-refractivity contribution in [2.45, 2.75) is 13.0 Å². The molecule has 0 aliphatic carbocycles. The van der Waals surface area contributed by atoms with Gasteiger partial charge < -0.3 is 10.1 Å². The Bertz CT molecular complexity index is 1060. The van der Waals surface area contributed by atoms with Gasteiger partial charge in [-0.3, -0.25) is 19.5 Å². The molecule has 0 unspecified atom stereocenters. The second-order valence-electron chi connectivity index (χ2n) is 5.88. The van der Waals surface area contributed by atoms with Crippen LogP contribution in [0.2, 0.25) is 0 Å². The topological polar surface area (TPSA) is 93.2 Å². The van der Waals surface area contributed by atoms with Crippen LogP contribution in [0.3, 0.4) is 0 Å². The van der Waals surface area contributed by atoms with Crippen molar-refractivity contribution in [1.82, 2.24) is 15.1 Å². The van der Waals surface area contributed by atoms with Crippen LogP contribution in [0.1, 0.15) is 6.42 Å². The van der Waals surface area contributed by atoms with Crippen molar-refractivity contribution in [3.8, 4) is 5.75 Å². The SMILES string of the molecule is O=C(Cn1[nH]c(=O)c2ccccc2c1=O)NCCCOc1ccc(F)cc1. The van der Waals surface area contributed by atoms with Gasteiger partial charge in [-0.2, -0.15) is 0 Å².